The Kier molecular flexibility index (Phi) is 2.27. The van der Waals surface area contributed by atoms with E-state index in [0.29, 0.717) is 0 Å². The lowest BCUT2D eigenvalue weighted by Crippen LogP contribution is -1.91. The Labute approximate surface area is 117 Å². The average molecular weight is 260 g/mol. The van der Waals surface area contributed by atoms with Crippen molar-refractivity contribution in [2.45, 2.75) is 13.8 Å². The molecule has 0 bridgehead atoms. The second kappa shape index (κ2) is 4.01. The Morgan fingerprint density at radius 1 is 0.850 bits per heavy atom. The van der Waals surface area contributed by atoms with Crippen molar-refractivity contribution in [3.63, 3.8) is 0 Å². The van der Waals surface area contributed by atoms with Crippen molar-refractivity contribution in [1.29, 1.82) is 0 Å². The molecule has 0 atom stereocenters. The minimum absolute atomic E-state index is 1.27. The van der Waals surface area contributed by atoms with E-state index in [2.05, 4.69) is 83.7 Å². The number of benzene rings is 1. The summed E-state index contributed by atoms with van der Waals surface area (Å²) in [7, 11) is 0. The second-order valence-corrected chi connectivity index (χ2v) is 5.32. The quantitative estimate of drug-likeness (QED) is 0.477. The molecule has 2 nitrogen and oxygen atoms in total. The van der Waals surface area contributed by atoms with Crippen LogP contribution in [0.1, 0.15) is 11.3 Å². The van der Waals surface area contributed by atoms with Crippen molar-refractivity contribution < 1.29 is 0 Å². The van der Waals surface area contributed by atoms with Gasteiger partial charge in [0, 0.05) is 29.8 Å². The number of hydrogen-bond donors (Lipinski definition) is 0. The molecule has 20 heavy (non-hydrogen) atoms. The van der Waals surface area contributed by atoms with Gasteiger partial charge in [-0.2, -0.15) is 0 Å². The maximum atomic E-state index is 2.25. The van der Waals surface area contributed by atoms with E-state index in [-0.39, 0.29) is 0 Å². The van der Waals surface area contributed by atoms with Gasteiger partial charge in [0.25, 0.3) is 0 Å². The van der Waals surface area contributed by atoms with Crippen LogP contribution in [0.2, 0.25) is 0 Å². The normalized spacial score (nSPS) is 11.5. The first-order chi connectivity index (χ1) is 9.75. The van der Waals surface area contributed by atoms with Crippen LogP contribution in [0.4, 0.5) is 0 Å². The molecule has 0 saturated carbocycles. The van der Waals surface area contributed by atoms with E-state index in [1.165, 1.54) is 33.4 Å². The summed E-state index contributed by atoms with van der Waals surface area (Å²) < 4.78 is 4.48. The maximum Gasteiger partial charge on any atom is 0.0728 e. The van der Waals surface area contributed by atoms with Gasteiger partial charge in [0.05, 0.1) is 11.0 Å². The molecule has 98 valence electrons. The van der Waals surface area contributed by atoms with Crippen molar-refractivity contribution in [1.82, 2.24) is 8.80 Å². The molecule has 0 spiro atoms. The zero-order chi connectivity index (χ0) is 13.7. The van der Waals surface area contributed by atoms with Crippen LogP contribution in [-0.2, 0) is 0 Å². The van der Waals surface area contributed by atoms with Crippen molar-refractivity contribution >= 4 is 11.0 Å². The van der Waals surface area contributed by atoms with Gasteiger partial charge in [-0.25, -0.2) is 0 Å². The number of hydrogen-bond acceptors (Lipinski definition) is 0. The second-order valence-electron chi connectivity index (χ2n) is 5.32. The van der Waals surface area contributed by atoms with Crippen molar-refractivity contribution in [3.05, 3.63) is 72.3 Å². The van der Waals surface area contributed by atoms with Crippen molar-refractivity contribution in [2.24, 2.45) is 0 Å². The van der Waals surface area contributed by atoms with Gasteiger partial charge in [0.2, 0.25) is 0 Å². The molecule has 0 aliphatic rings. The Hall–Kier alpha value is -2.48. The van der Waals surface area contributed by atoms with E-state index >= 15 is 0 Å². The third-order valence-electron chi connectivity index (χ3n) is 4.11. The van der Waals surface area contributed by atoms with E-state index in [4.69, 9.17) is 0 Å². The van der Waals surface area contributed by atoms with Gasteiger partial charge >= 0.3 is 0 Å². The number of rotatable bonds is 1. The molecule has 3 heterocycles. The Bertz CT molecular complexity index is 911. The van der Waals surface area contributed by atoms with Crippen LogP contribution < -0.4 is 0 Å². The van der Waals surface area contributed by atoms with E-state index < -0.39 is 0 Å². The lowest BCUT2D eigenvalue weighted by atomic mass is 10.0. The highest BCUT2D eigenvalue weighted by atomic mass is 15.0. The summed E-state index contributed by atoms with van der Waals surface area (Å²) in [4.78, 5) is 0. The Morgan fingerprint density at radius 2 is 1.65 bits per heavy atom. The summed E-state index contributed by atoms with van der Waals surface area (Å²) >= 11 is 0. The molecular weight excluding hydrogens is 244 g/mol. The molecule has 0 saturated heterocycles. The molecule has 2 heteroatoms. The fourth-order valence-corrected chi connectivity index (χ4v) is 3.05. The largest absolute Gasteiger partial charge is 0.320 e. The summed E-state index contributed by atoms with van der Waals surface area (Å²) in [6, 6.07) is 15.0. The number of aryl methyl sites for hydroxylation is 2. The minimum atomic E-state index is 1.27. The summed E-state index contributed by atoms with van der Waals surface area (Å²) in [5.41, 5.74) is 7.74. The highest BCUT2D eigenvalue weighted by Gasteiger charge is 2.12. The van der Waals surface area contributed by atoms with Crippen LogP contribution in [0.3, 0.4) is 0 Å². The molecule has 0 unspecified atom stereocenters. The Balaban J connectivity index is 2.11. The van der Waals surface area contributed by atoms with Crippen molar-refractivity contribution in [2.75, 3.05) is 0 Å². The van der Waals surface area contributed by atoms with E-state index in [1.807, 2.05) is 0 Å². The van der Waals surface area contributed by atoms with Gasteiger partial charge < -0.3 is 8.80 Å². The fourth-order valence-electron chi connectivity index (χ4n) is 3.05. The first-order valence-corrected chi connectivity index (χ1v) is 6.89. The van der Waals surface area contributed by atoms with E-state index in [1.54, 1.807) is 0 Å². The van der Waals surface area contributed by atoms with Crippen LogP contribution in [0.5, 0.6) is 0 Å². The molecule has 0 amide bonds. The van der Waals surface area contributed by atoms with Gasteiger partial charge in [-0.05, 0) is 37.1 Å². The highest BCUT2D eigenvalue weighted by molar-refractivity contribution is 5.87. The number of fused-ring (bicyclic) bond motifs is 3. The molecule has 0 aliphatic carbocycles. The number of aromatic nitrogens is 2. The first kappa shape index (κ1) is 11.4. The van der Waals surface area contributed by atoms with Crippen LogP contribution in [0, 0.1) is 13.8 Å². The van der Waals surface area contributed by atoms with Crippen molar-refractivity contribution in [3.8, 4) is 11.1 Å². The standard InChI is InChI=1S/C18H16N2/c1-13-8-9-17-18-14(2)16(15-6-4-3-5-7-15)12-19(18)10-11-20(13)17/h3-12H,1-2H3. The lowest BCUT2D eigenvalue weighted by molar-refractivity contribution is 1.06. The average Bonchev–Trinajstić information content (AvgIpc) is 3.01. The molecule has 0 fully saturated rings. The predicted molar refractivity (Wildman–Crippen MR) is 83.3 cm³/mol. The molecular formula is C18H16N2. The van der Waals surface area contributed by atoms with E-state index in [0.717, 1.165) is 0 Å². The molecule has 4 rings (SSSR count). The van der Waals surface area contributed by atoms with E-state index in [9.17, 15) is 0 Å². The zero-order valence-electron chi connectivity index (χ0n) is 11.7. The van der Waals surface area contributed by atoms with Gasteiger partial charge in [-0.15, -0.1) is 0 Å². The van der Waals surface area contributed by atoms with Crippen LogP contribution in [0.15, 0.2) is 61.1 Å². The topological polar surface area (TPSA) is 8.82 Å². The molecule has 0 aliphatic heterocycles. The third-order valence-corrected chi connectivity index (χ3v) is 4.11. The highest BCUT2D eigenvalue weighted by Crippen LogP contribution is 2.30. The minimum Gasteiger partial charge on any atom is -0.320 e. The van der Waals surface area contributed by atoms with Gasteiger partial charge in [-0.1, -0.05) is 30.3 Å². The Morgan fingerprint density at radius 3 is 2.45 bits per heavy atom. The third kappa shape index (κ3) is 1.45. The zero-order valence-corrected chi connectivity index (χ0v) is 11.7. The van der Waals surface area contributed by atoms with Gasteiger partial charge in [-0.3, -0.25) is 0 Å². The number of nitrogens with zero attached hydrogens (tertiary/aromatic N) is 2. The molecule has 0 radical (unpaired) electrons. The first-order valence-electron chi connectivity index (χ1n) is 6.89. The summed E-state index contributed by atoms with van der Waals surface area (Å²) in [6.07, 6.45) is 6.49. The molecule has 3 aromatic heterocycles. The predicted octanol–water partition coefficient (Wildman–Crippen LogP) is 4.48. The summed E-state index contributed by atoms with van der Waals surface area (Å²) in [5.74, 6) is 0. The molecule has 4 aromatic rings. The molecule has 0 N–H and O–H groups in total. The monoisotopic (exact) mass is 260 g/mol. The van der Waals surface area contributed by atoms with Crippen LogP contribution >= 0.6 is 0 Å². The van der Waals surface area contributed by atoms with Crippen LogP contribution in [0.25, 0.3) is 22.2 Å². The fraction of sp³-hybridized carbons (Fsp3) is 0.111. The maximum absolute atomic E-state index is 2.25. The van der Waals surface area contributed by atoms with Gasteiger partial charge in [0.15, 0.2) is 0 Å². The smallest absolute Gasteiger partial charge is 0.0728 e. The van der Waals surface area contributed by atoms with Crippen LogP contribution in [-0.4, -0.2) is 8.80 Å². The SMILES string of the molecule is Cc1c(-c2ccccc2)cn2ccn3c(C)ccc3c12. The van der Waals surface area contributed by atoms with Gasteiger partial charge in [0.1, 0.15) is 0 Å². The molecule has 1 aromatic carbocycles. The summed E-state index contributed by atoms with van der Waals surface area (Å²) in [6.45, 7) is 4.35. The lowest BCUT2D eigenvalue weighted by Gasteiger charge is -2.02. The summed E-state index contributed by atoms with van der Waals surface area (Å²) in [5, 5.41) is 0.